The van der Waals surface area contributed by atoms with Crippen molar-refractivity contribution in [1.82, 2.24) is 19.3 Å². The summed E-state index contributed by atoms with van der Waals surface area (Å²) in [7, 11) is 0. The van der Waals surface area contributed by atoms with Crippen molar-refractivity contribution in [3.05, 3.63) is 137 Å². The number of pyridine rings is 2. The number of likely N-dealkylation sites (tertiary alicyclic amines) is 1. The summed E-state index contributed by atoms with van der Waals surface area (Å²) < 4.78 is 7.92. The van der Waals surface area contributed by atoms with Gasteiger partial charge < -0.3 is 19.1 Å². The van der Waals surface area contributed by atoms with Gasteiger partial charge in [-0.05, 0) is 60.4 Å². The van der Waals surface area contributed by atoms with E-state index < -0.39 is 17.7 Å². The van der Waals surface area contributed by atoms with Crippen LogP contribution in [-0.4, -0.2) is 36.1 Å². The normalized spacial score (nSPS) is 16.4. The zero-order valence-electron chi connectivity index (χ0n) is 22.7. The molecule has 5 aromatic rings. The number of rotatable bonds is 7. The molecule has 41 heavy (non-hydrogen) atoms. The van der Waals surface area contributed by atoms with Gasteiger partial charge in [0.15, 0.2) is 5.76 Å². The molecule has 1 N–H and O–H groups in total. The molecule has 0 spiro atoms. The predicted octanol–water partition coefficient (Wildman–Crippen LogP) is 5.55. The van der Waals surface area contributed by atoms with Crippen molar-refractivity contribution >= 4 is 23.1 Å². The minimum atomic E-state index is -0.860. The number of ketones is 1. The van der Waals surface area contributed by atoms with Crippen LogP contribution in [0.4, 0.5) is 0 Å². The van der Waals surface area contributed by atoms with E-state index in [0.29, 0.717) is 29.3 Å². The summed E-state index contributed by atoms with van der Waals surface area (Å²) in [4.78, 5) is 37.4. The van der Waals surface area contributed by atoms with Gasteiger partial charge >= 0.3 is 0 Å². The Hall–Kier alpha value is -5.24. The van der Waals surface area contributed by atoms with E-state index in [0.717, 1.165) is 16.7 Å². The number of aryl methyl sites for hydroxylation is 2. The van der Waals surface area contributed by atoms with Crippen LogP contribution < -0.4 is 4.74 Å². The quantitative estimate of drug-likeness (QED) is 0.164. The van der Waals surface area contributed by atoms with E-state index in [1.165, 1.54) is 4.90 Å². The Kier molecular flexibility index (Phi) is 6.81. The number of aromatic nitrogens is 3. The number of fused-ring (bicyclic) bond motifs is 1. The van der Waals surface area contributed by atoms with Crippen molar-refractivity contribution in [1.29, 1.82) is 0 Å². The van der Waals surface area contributed by atoms with Crippen LogP contribution in [0.5, 0.6) is 5.75 Å². The number of ether oxygens (including phenoxy) is 1. The highest BCUT2D eigenvalue weighted by atomic mass is 16.5. The van der Waals surface area contributed by atoms with Gasteiger partial charge in [0.1, 0.15) is 23.7 Å². The largest absolute Gasteiger partial charge is 0.505 e. The first-order chi connectivity index (χ1) is 19.9. The van der Waals surface area contributed by atoms with Gasteiger partial charge in [0, 0.05) is 25.1 Å². The van der Waals surface area contributed by atoms with Gasteiger partial charge in [0.2, 0.25) is 0 Å². The zero-order chi connectivity index (χ0) is 28.5. The van der Waals surface area contributed by atoms with E-state index in [4.69, 9.17) is 4.74 Å². The molecule has 4 heterocycles. The van der Waals surface area contributed by atoms with Crippen LogP contribution in [-0.2, 0) is 22.7 Å². The molecule has 0 saturated carbocycles. The summed E-state index contributed by atoms with van der Waals surface area (Å²) in [6.07, 6.45) is 5.16. The van der Waals surface area contributed by atoms with Gasteiger partial charge in [-0.15, -0.1) is 0 Å². The van der Waals surface area contributed by atoms with E-state index in [1.807, 2.05) is 97.2 Å². The molecule has 0 bridgehead atoms. The lowest BCUT2D eigenvalue weighted by molar-refractivity contribution is -0.140. The van der Waals surface area contributed by atoms with E-state index >= 15 is 0 Å². The second-order valence-electron chi connectivity index (χ2n) is 10.1. The number of benzene rings is 2. The van der Waals surface area contributed by atoms with Gasteiger partial charge in [-0.3, -0.25) is 14.6 Å². The number of aliphatic hydroxyl groups excluding tert-OH is 1. The second-order valence-corrected chi connectivity index (χ2v) is 10.1. The van der Waals surface area contributed by atoms with Gasteiger partial charge in [-0.1, -0.05) is 54.6 Å². The summed E-state index contributed by atoms with van der Waals surface area (Å²) >= 11 is 0. The van der Waals surface area contributed by atoms with E-state index in [9.17, 15) is 14.7 Å². The first-order valence-corrected chi connectivity index (χ1v) is 13.3. The fourth-order valence-corrected chi connectivity index (χ4v) is 5.27. The Morgan fingerprint density at radius 1 is 0.951 bits per heavy atom. The number of aliphatic hydroxyl groups is 1. The predicted molar refractivity (Wildman–Crippen MR) is 154 cm³/mol. The third kappa shape index (κ3) is 4.84. The van der Waals surface area contributed by atoms with Crippen molar-refractivity contribution in [2.45, 2.75) is 33.0 Å². The number of imidazole rings is 1. The Bertz CT molecular complexity index is 1790. The lowest BCUT2D eigenvalue weighted by Gasteiger charge is -2.25. The third-order valence-corrected chi connectivity index (χ3v) is 7.35. The van der Waals surface area contributed by atoms with Crippen LogP contribution in [0.15, 0.2) is 103 Å². The average Bonchev–Trinajstić information content (AvgIpc) is 3.47. The fraction of sp³-hybridized carbons (Fsp3) is 0.152. The van der Waals surface area contributed by atoms with Crippen LogP contribution in [0.1, 0.15) is 39.7 Å². The number of amides is 1. The Labute approximate surface area is 237 Å². The molecule has 8 nitrogen and oxygen atoms in total. The maximum atomic E-state index is 13.6. The maximum Gasteiger partial charge on any atom is 0.295 e. The van der Waals surface area contributed by atoms with Crippen LogP contribution in [0.25, 0.3) is 11.4 Å². The van der Waals surface area contributed by atoms with Crippen molar-refractivity contribution in [3.8, 4) is 5.75 Å². The molecule has 0 aliphatic carbocycles. The molecule has 1 aliphatic heterocycles. The van der Waals surface area contributed by atoms with Crippen LogP contribution in [0, 0.1) is 13.8 Å². The minimum Gasteiger partial charge on any atom is -0.505 e. The summed E-state index contributed by atoms with van der Waals surface area (Å²) in [5, 5.41) is 11.7. The Morgan fingerprint density at radius 3 is 2.51 bits per heavy atom. The second kappa shape index (κ2) is 10.7. The monoisotopic (exact) mass is 544 g/mol. The number of hydrogen-bond donors (Lipinski definition) is 1. The topological polar surface area (TPSA) is 97.0 Å². The molecular weight excluding hydrogens is 516 g/mol. The molecule has 204 valence electrons. The van der Waals surface area contributed by atoms with Gasteiger partial charge in [-0.2, -0.15) is 0 Å². The van der Waals surface area contributed by atoms with E-state index in [2.05, 4.69) is 9.97 Å². The molecule has 0 radical (unpaired) electrons. The summed E-state index contributed by atoms with van der Waals surface area (Å²) in [6.45, 7) is 4.25. The lowest BCUT2D eigenvalue weighted by atomic mass is 9.96. The van der Waals surface area contributed by atoms with Gasteiger partial charge in [-0.25, -0.2) is 4.98 Å². The smallest absolute Gasteiger partial charge is 0.295 e. The third-order valence-electron chi connectivity index (χ3n) is 7.35. The molecular formula is C33H28N4O4. The number of Topliss-reactive ketones (excluding diaryl/α,β-unsaturated/α-hetero) is 1. The summed E-state index contributed by atoms with van der Waals surface area (Å²) in [5.74, 6) is -1.19. The highest BCUT2D eigenvalue weighted by molar-refractivity contribution is 6.46. The number of hydrogen-bond acceptors (Lipinski definition) is 6. The average molecular weight is 545 g/mol. The molecule has 6 rings (SSSR count). The number of carbonyl (C=O) groups is 2. The molecule has 2 aromatic carbocycles. The minimum absolute atomic E-state index is 0.0109. The first-order valence-electron chi connectivity index (χ1n) is 13.3. The highest BCUT2D eigenvalue weighted by Crippen LogP contribution is 2.41. The van der Waals surface area contributed by atoms with Crippen molar-refractivity contribution in [2.75, 3.05) is 0 Å². The first kappa shape index (κ1) is 26.0. The van der Waals surface area contributed by atoms with E-state index in [1.54, 1.807) is 18.5 Å². The van der Waals surface area contributed by atoms with Gasteiger partial charge in [0.25, 0.3) is 11.7 Å². The number of carbonyl (C=O) groups excluding carboxylic acids is 2. The molecule has 8 heteroatoms. The fourth-order valence-electron chi connectivity index (χ4n) is 5.27. The lowest BCUT2D eigenvalue weighted by Crippen LogP contribution is -2.29. The van der Waals surface area contributed by atoms with Crippen LogP contribution >= 0.6 is 0 Å². The molecule has 1 fully saturated rings. The summed E-state index contributed by atoms with van der Waals surface area (Å²) in [6, 6.07) is 23.7. The van der Waals surface area contributed by atoms with E-state index in [-0.39, 0.29) is 23.6 Å². The molecule has 3 aromatic heterocycles. The molecule has 1 unspecified atom stereocenters. The summed E-state index contributed by atoms with van der Waals surface area (Å²) in [5.41, 5.74) is 4.92. The van der Waals surface area contributed by atoms with Crippen molar-refractivity contribution < 1.29 is 19.4 Å². The van der Waals surface area contributed by atoms with Crippen LogP contribution in [0.3, 0.4) is 0 Å². The molecule has 1 aliphatic rings. The molecule has 1 amide bonds. The van der Waals surface area contributed by atoms with Gasteiger partial charge in [0.05, 0.1) is 17.3 Å². The van der Waals surface area contributed by atoms with Crippen molar-refractivity contribution in [3.63, 3.8) is 0 Å². The SMILES string of the molecule is Cc1cccn2c(C)c(/C(O)=C3\C(=O)C(=O)N(Cc4cccnc4)C3c3cccc(OCc4ccccc4)c3)nc12. The number of nitrogens with zero attached hydrogens (tertiary/aromatic N) is 4. The highest BCUT2D eigenvalue weighted by Gasteiger charge is 2.46. The zero-order valence-corrected chi connectivity index (χ0v) is 22.7. The standard InChI is InChI=1S/C33H28N4O4/c1-21-9-8-16-36-22(2)28(35-32(21)36)30(38)27-29(37(33(40)31(27)39)19-24-12-7-15-34-18-24)25-13-6-14-26(17-25)41-20-23-10-4-3-5-11-23/h3-18,29,38H,19-20H2,1-2H3/b30-27+. The van der Waals surface area contributed by atoms with Crippen LogP contribution in [0.2, 0.25) is 0 Å². The maximum absolute atomic E-state index is 13.6. The Balaban J connectivity index is 1.46. The van der Waals surface area contributed by atoms with Crippen molar-refractivity contribution in [2.24, 2.45) is 0 Å². The Morgan fingerprint density at radius 2 is 1.76 bits per heavy atom. The molecule has 1 saturated heterocycles. The molecule has 1 atom stereocenters.